The van der Waals surface area contributed by atoms with Crippen LogP contribution in [0.25, 0.3) is 0 Å². The number of ether oxygens (including phenoxy) is 2. The van der Waals surface area contributed by atoms with Gasteiger partial charge < -0.3 is 19.7 Å². The zero-order valence-electron chi connectivity index (χ0n) is 29.3. The van der Waals surface area contributed by atoms with E-state index in [4.69, 9.17) is 9.47 Å². The van der Waals surface area contributed by atoms with Crippen molar-refractivity contribution in [3.63, 3.8) is 0 Å². The molecule has 46 heavy (non-hydrogen) atoms. The Morgan fingerprint density at radius 1 is 0.696 bits per heavy atom. The summed E-state index contributed by atoms with van der Waals surface area (Å²) in [6, 6.07) is 0. The zero-order chi connectivity index (χ0) is 33.9. The molecular weight excluding hydrogens is 576 g/mol. The molecule has 0 bridgehead atoms. The minimum absolute atomic E-state index is 0.134. The fourth-order valence-corrected chi connectivity index (χ4v) is 4.52. The maximum Gasteiger partial charge on any atom is 0.306 e. The monoisotopic (exact) mass is 642 g/mol. The molecule has 2 N–H and O–H groups in total. The Bertz CT molecular complexity index is 897. The van der Waals surface area contributed by atoms with Crippen molar-refractivity contribution in [2.45, 2.75) is 149 Å². The van der Waals surface area contributed by atoms with Crippen molar-refractivity contribution in [3.05, 3.63) is 72.9 Å². The standard InChI is InChI=1S/C40H66O6/c1-4-6-7-8-9-10-11-12-13-14-18-21-25-30-37(42)31-26-23-28-33-40(44)46-38(34-41)35-45-39(43)32-27-22-19-16-15-17-20-24-29-36(3)5-2/h6-7,9-10,12-13,18,21,23,25-26,30,36-38,41-42H,4-5,8,11,14-17,19-20,22,24,27-29,31-35H2,1-3H3/b7-6-,10-9-,13-12-,21-18-,26-23-,30-25-/t36?,37?,38-/m0/s1. The number of hydrogen-bond acceptors (Lipinski definition) is 6. The maximum atomic E-state index is 12.1. The van der Waals surface area contributed by atoms with Crippen LogP contribution in [0.1, 0.15) is 136 Å². The second kappa shape index (κ2) is 33.7. The Hall–Kier alpha value is -2.70. The van der Waals surface area contributed by atoms with Crippen molar-refractivity contribution >= 4 is 11.9 Å². The first kappa shape index (κ1) is 43.3. The molecule has 262 valence electrons. The van der Waals surface area contributed by atoms with E-state index in [-0.39, 0.29) is 19.0 Å². The van der Waals surface area contributed by atoms with E-state index in [2.05, 4.69) is 57.2 Å². The summed E-state index contributed by atoms with van der Waals surface area (Å²) in [4.78, 5) is 24.2. The number of hydrogen-bond donors (Lipinski definition) is 2. The number of carbonyl (C=O) groups excluding carboxylic acids is 2. The van der Waals surface area contributed by atoms with Gasteiger partial charge in [-0.15, -0.1) is 0 Å². The van der Waals surface area contributed by atoms with Gasteiger partial charge in [-0.3, -0.25) is 9.59 Å². The molecule has 0 radical (unpaired) electrons. The van der Waals surface area contributed by atoms with E-state index >= 15 is 0 Å². The van der Waals surface area contributed by atoms with Crippen molar-refractivity contribution in [2.75, 3.05) is 13.2 Å². The molecule has 0 aliphatic heterocycles. The zero-order valence-corrected chi connectivity index (χ0v) is 29.3. The maximum absolute atomic E-state index is 12.1. The molecule has 0 spiro atoms. The Kier molecular flexibility index (Phi) is 31.7. The van der Waals surface area contributed by atoms with Crippen molar-refractivity contribution in [1.29, 1.82) is 0 Å². The molecular formula is C40H66O6. The summed E-state index contributed by atoms with van der Waals surface area (Å²) in [5, 5.41) is 19.6. The summed E-state index contributed by atoms with van der Waals surface area (Å²) < 4.78 is 10.5. The van der Waals surface area contributed by atoms with E-state index in [1.165, 1.54) is 44.9 Å². The number of aliphatic hydroxyl groups excluding tert-OH is 2. The predicted molar refractivity (Wildman–Crippen MR) is 192 cm³/mol. The number of aliphatic hydroxyl groups is 2. The molecule has 0 fully saturated rings. The summed E-state index contributed by atoms with van der Waals surface area (Å²) in [7, 11) is 0. The highest BCUT2D eigenvalue weighted by Gasteiger charge is 2.15. The van der Waals surface area contributed by atoms with Gasteiger partial charge >= 0.3 is 11.9 Å². The Labute approximate surface area is 281 Å². The number of allylic oxidation sites excluding steroid dienone is 10. The third-order valence-corrected chi connectivity index (χ3v) is 7.65. The molecule has 0 rings (SSSR count). The van der Waals surface area contributed by atoms with Gasteiger partial charge in [-0.05, 0) is 50.9 Å². The van der Waals surface area contributed by atoms with Gasteiger partial charge in [-0.2, -0.15) is 0 Å². The van der Waals surface area contributed by atoms with Gasteiger partial charge in [0, 0.05) is 12.8 Å². The largest absolute Gasteiger partial charge is 0.462 e. The fraction of sp³-hybridized carbons (Fsp3) is 0.650. The van der Waals surface area contributed by atoms with Crippen LogP contribution in [-0.2, 0) is 19.1 Å². The lowest BCUT2D eigenvalue weighted by molar-refractivity contribution is -0.161. The molecule has 3 atom stereocenters. The van der Waals surface area contributed by atoms with E-state index in [0.29, 0.717) is 19.3 Å². The molecule has 0 saturated carbocycles. The lowest BCUT2D eigenvalue weighted by Gasteiger charge is -2.15. The molecule has 0 aromatic carbocycles. The molecule has 0 amide bonds. The molecule has 6 heteroatoms. The summed E-state index contributed by atoms with van der Waals surface area (Å²) in [5.74, 6) is 0.0618. The first-order valence-electron chi connectivity index (χ1n) is 18.0. The molecule has 0 saturated heterocycles. The Morgan fingerprint density at radius 2 is 1.30 bits per heavy atom. The SMILES string of the molecule is CC/C=C\C/C=C\C/C=C\C/C=C\C=C/C(O)C/C=C\CCC(=O)O[C@@H](CO)COC(=O)CCCCCCCCCCC(C)CC. The van der Waals surface area contributed by atoms with Crippen LogP contribution in [0.3, 0.4) is 0 Å². The smallest absolute Gasteiger partial charge is 0.306 e. The van der Waals surface area contributed by atoms with Gasteiger partial charge in [0.15, 0.2) is 6.10 Å². The van der Waals surface area contributed by atoms with Crippen molar-refractivity contribution < 1.29 is 29.3 Å². The van der Waals surface area contributed by atoms with E-state index in [9.17, 15) is 19.8 Å². The first-order valence-corrected chi connectivity index (χ1v) is 18.0. The molecule has 0 aromatic heterocycles. The van der Waals surface area contributed by atoms with Gasteiger partial charge in [0.25, 0.3) is 0 Å². The highest BCUT2D eigenvalue weighted by atomic mass is 16.6. The minimum atomic E-state index is -0.855. The van der Waals surface area contributed by atoms with Crippen molar-refractivity contribution in [2.24, 2.45) is 5.92 Å². The summed E-state index contributed by atoms with van der Waals surface area (Å²) in [6.45, 7) is 6.18. The van der Waals surface area contributed by atoms with E-state index < -0.39 is 24.8 Å². The van der Waals surface area contributed by atoms with Gasteiger partial charge in [-0.1, -0.05) is 151 Å². The normalized spacial score (nSPS) is 14.5. The highest BCUT2D eigenvalue weighted by Crippen LogP contribution is 2.15. The number of esters is 2. The van der Waals surface area contributed by atoms with Gasteiger partial charge in [-0.25, -0.2) is 0 Å². The Balaban J connectivity index is 3.88. The number of rotatable bonds is 30. The van der Waals surface area contributed by atoms with Crippen molar-refractivity contribution in [1.82, 2.24) is 0 Å². The average Bonchev–Trinajstić information content (AvgIpc) is 3.05. The van der Waals surface area contributed by atoms with Crippen molar-refractivity contribution in [3.8, 4) is 0 Å². The fourth-order valence-electron chi connectivity index (χ4n) is 4.52. The summed E-state index contributed by atoms with van der Waals surface area (Å²) in [6.07, 6.45) is 39.9. The highest BCUT2D eigenvalue weighted by molar-refractivity contribution is 5.70. The number of unbranched alkanes of at least 4 members (excludes halogenated alkanes) is 7. The van der Waals surface area contributed by atoms with Gasteiger partial charge in [0.1, 0.15) is 6.61 Å². The van der Waals surface area contributed by atoms with Gasteiger partial charge in [0.2, 0.25) is 0 Å². The third kappa shape index (κ3) is 31.3. The quantitative estimate of drug-likeness (QED) is 0.0351. The van der Waals surface area contributed by atoms with E-state index in [1.54, 1.807) is 6.08 Å². The Morgan fingerprint density at radius 3 is 1.93 bits per heavy atom. The van der Waals surface area contributed by atoms with Crippen LogP contribution in [0.4, 0.5) is 0 Å². The minimum Gasteiger partial charge on any atom is -0.462 e. The van der Waals surface area contributed by atoms with Crippen LogP contribution in [0, 0.1) is 5.92 Å². The molecule has 2 unspecified atom stereocenters. The average molecular weight is 643 g/mol. The molecule has 0 aromatic rings. The van der Waals surface area contributed by atoms with Crippen LogP contribution < -0.4 is 0 Å². The molecule has 0 aliphatic carbocycles. The van der Waals surface area contributed by atoms with E-state index in [0.717, 1.165) is 50.9 Å². The second-order valence-electron chi connectivity index (χ2n) is 12.0. The lowest BCUT2D eigenvalue weighted by atomic mass is 9.99. The molecule has 6 nitrogen and oxygen atoms in total. The number of carbonyl (C=O) groups is 2. The van der Waals surface area contributed by atoms with Crippen LogP contribution in [0.2, 0.25) is 0 Å². The summed E-state index contributed by atoms with van der Waals surface area (Å²) >= 11 is 0. The van der Waals surface area contributed by atoms with Gasteiger partial charge in [0.05, 0.1) is 12.7 Å². The van der Waals surface area contributed by atoms with Crippen LogP contribution >= 0.6 is 0 Å². The van der Waals surface area contributed by atoms with E-state index in [1.807, 2.05) is 30.4 Å². The van der Waals surface area contributed by atoms with Crippen LogP contribution in [0.5, 0.6) is 0 Å². The van der Waals surface area contributed by atoms with Crippen LogP contribution in [0.15, 0.2) is 72.9 Å². The third-order valence-electron chi connectivity index (χ3n) is 7.65. The predicted octanol–water partition coefficient (Wildman–Crippen LogP) is 9.83. The second-order valence-corrected chi connectivity index (χ2v) is 12.0. The first-order chi connectivity index (χ1) is 22.4. The van der Waals surface area contributed by atoms with Crippen LogP contribution in [-0.4, -0.2) is 47.6 Å². The molecule has 0 aliphatic rings. The topological polar surface area (TPSA) is 93.1 Å². The molecule has 0 heterocycles. The summed E-state index contributed by atoms with van der Waals surface area (Å²) in [5.41, 5.74) is 0. The lowest BCUT2D eigenvalue weighted by Crippen LogP contribution is -2.28.